The topological polar surface area (TPSA) is 60.8 Å². The molecule has 2 aliphatic rings. The Morgan fingerprint density at radius 3 is 2.55 bits per heavy atom. The lowest BCUT2D eigenvalue weighted by Gasteiger charge is -2.36. The summed E-state index contributed by atoms with van der Waals surface area (Å²) in [7, 11) is 1.63. The monoisotopic (exact) mass is 411 g/mol. The van der Waals surface area contributed by atoms with Crippen molar-refractivity contribution in [3.05, 3.63) is 65.6 Å². The number of carbonyl (C=O) groups excluding carboxylic acids is 1. The molecule has 0 spiro atoms. The number of aliphatic hydroxyl groups excluding tert-OH is 1. The molecule has 0 saturated carbocycles. The van der Waals surface area contributed by atoms with Crippen molar-refractivity contribution in [3.8, 4) is 0 Å². The van der Waals surface area contributed by atoms with Gasteiger partial charge in [-0.1, -0.05) is 37.3 Å². The summed E-state index contributed by atoms with van der Waals surface area (Å²) in [5.41, 5.74) is -2.73. The zero-order valence-corrected chi connectivity index (χ0v) is 15.8. The van der Waals surface area contributed by atoms with E-state index in [0.29, 0.717) is 5.57 Å². The summed E-state index contributed by atoms with van der Waals surface area (Å²) in [6, 6.07) is 3.29. The summed E-state index contributed by atoms with van der Waals surface area (Å²) in [6.45, 7) is -0.396. The third-order valence-corrected chi connectivity index (χ3v) is 5.68. The van der Waals surface area contributed by atoms with E-state index in [1.54, 1.807) is 37.6 Å². The summed E-state index contributed by atoms with van der Waals surface area (Å²) in [6.07, 6.45) is 3.23. The van der Waals surface area contributed by atoms with Crippen molar-refractivity contribution < 1.29 is 32.6 Å². The summed E-state index contributed by atoms with van der Waals surface area (Å²) in [4.78, 5) is 13.7. The molecule has 2 N–H and O–H groups in total. The molecule has 1 amide bonds. The first kappa shape index (κ1) is 21.3. The van der Waals surface area contributed by atoms with Gasteiger partial charge in [0.15, 0.2) is 5.60 Å². The lowest BCUT2D eigenvalue weighted by molar-refractivity contribution is -0.278. The van der Waals surface area contributed by atoms with Gasteiger partial charge in [0.25, 0.3) is 0 Å². The van der Waals surface area contributed by atoms with E-state index in [9.17, 15) is 32.6 Å². The molecule has 1 aliphatic carbocycles. The second-order valence-electron chi connectivity index (χ2n) is 7.41. The number of hydrogen-bond donors (Lipinski definition) is 2. The van der Waals surface area contributed by atoms with Crippen molar-refractivity contribution in [2.75, 3.05) is 13.7 Å². The van der Waals surface area contributed by atoms with E-state index in [2.05, 4.69) is 0 Å². The van der Waals surface area contributed by atoms with Crippen LogP contribution in [0.25, 0.3) is 5.57 Å². The van der Waals surface area contributed by atoms with Crippen molar-refractivity contribution in [2.24, 2.45) is 11.8 Å². The standard InChI is InChI=1S/C21H21F4NO3/c1-12(20(29,11-27)21(23,24)25)16-6-4-15(22)10-18(16)13-3-5-17-14(9-13)7-8-26(2)19(17)28/h3-10,12,14,17,27,29H,11H2,1-2H3/t12-,14?,17?,20?/m1/s1. The Morgan fingerprint density at radius 1 is 1.24 bits per heavy atom. The Hall–Kier alpha value is -2.45. The normalized spacial score (nSPS) is 24.8. The molecule has 0 bridgehead atoms. The molecule has 1 aliphatic heterocycles. The van der Waals surface area contributed by atoms with Crippen LogP contribution < -0.4 is 0 Å². The number of benzene rings is 1. The molecule has 1 aromatic carbocycles. The lowest BCUT2D eigenvalue weighted by Crippen LogP contribution is -2.52. The van der Waals surface area contributed by atoms with Gasteiger partial charge in [-0.05, 0) is 28.8 Å². The number of alkyl halides is 3. The number of nitrogens with zero attached hydrogens (tertiary/aromatic N) is 1. The number of hydrogen-bond acceptors (Lipinski definition) is 3. The van der Waals surface area contributed by atoms with Crippen molar-refractivity contribution in [3.63, 3.8) is 0 Å². The Labute approximate surface area is 165 Å². The predicted octanol–water partition coefficient (Wildman–Crippen LogP) is 3.39. The van der Waals surface area contributed by atoms with Crippen molar-refractivity contribution >= 4 is 11.5 Å². The molecule has 1 aromatic rings. The van der Waals surface area contributed by atoms with Crippen LogP contribution in [0.4, 0.5) is 17.6 Å². The molecule has 0 saturated heterocycles. The van der Waals surface area contributed by atoms with E-state index in [1.165, 1.54) is 11.0 Å². The molecular weight excluding hydrogens is 390 g/mol. The van der Waals surface area contributed by atoms with Crippen LogP contribution in [0.3, 0.4) is 0 Å². The van der Waals surface area contributed by atoms with Crippen LogP contribution in [0.15, 0.2) is 48.7 Å². The SMILES string of the molecule is C[C@H](c1ccc(F)cc1C1=CC2C=CN(C)C(=O)C2C=C1)C(O)(CO)C(F)(F)F. The molecule has 0 radical (unpaired) electrons. The van der Waals surface area contributed by atoms with Gasteiger partial charge in [-0.25, -0.2) is 4.39 Å². The first-order valence-corrected chi connectivity index (χ1v) is 9.04. The summed E-state index contributed by atoms with van der Waals surface area (Å²) < 4.78 is 54.3. The van der Waals surface area contributed by atoms with Gasteiger partial charge in [-0.3, -0.25) is 4.79 Å². The highest BCUT2D eigenvalue weighted by Gasteiger charge is 2.57. The highest BCUT2D eigenvalue weighted by molar-refractivity contribution is 5.87. The average molecular weight is 411 g/mol. The number of fused-ring (bicyclic) bond motifs is 1. The van der Waals surface area contributed by atoms with E-state index in [0.717, 1.165) is 19.1 Å². The minimum Gasteiger partial charge on any atom is -0.393 e. The van der Waals surface area contributed by atoms with Crippen molar-refractivity contribution in [1.82, 2.24) is 4.90 Å². The molecule has 0 aromatic heterocycles. The fourth-order valence-electron chi connectivity index (χ4n) is 3.73. The molecule has 4 atom stereocenters. The van der Waals surface area contributed by atoms with E-state index >= 15 is 0 Å². The summed E-state index contributed by atoms with van der Waals surface area (Å²) in [5.74, 6) is -3.09. The Balaban J connectivity index is 2.07. The van der Waals surface area contributed by atoms with Crippen LogP contribution in [-0.4, -0.2) is 46.5 Å². The van der Waals surface area contributed by atoms with E-state index in [-0.39, 0.29) is 23.0 Å². The number of carbonyl (C=O) groups is 1. The minimum atomic E-state index is -5.09. The maximum atomic E-state index is 14.0. The van der Waals surface area contributed by atoms with Crippen molar-refractivity contribution in [1.29, 1.82) is 0 Å². The van der Waals surface area contributed by atoms with Gasteiger partial charge in [-0.15, -0.1) is 0 Å². The molecule has 0 fully saturated rings. The third kappa shape index (κ3) is 3.62. The van der Waals surface area contributed by atoms with Crippen LogP contribution >= 0.6 is 0 Å². The highest BCUT2D eigenvalue weighted by atomic mass is 19.4. The molecule has 29 heavy (non-hydrogen) atoms. The maximum Gasteiger partial charge on any atom is 0.420 e. The Morgan fingerprint density at radius 2 is 1.93 bits per heavy atom. The molecule has 3 rings (SSSR count). The minimum absolute atomic E-state index is 0.0397. The zero-order chi connectivity index (χ0) is 21.6. The van der Waals surface area contributed by atoms with E-state index in [4.69, 9.17) is 0 Å². The first-order chi connectivity index (χ1) is 13.5. The van der Waals surface area contributed by atoms with Gasteiger partial charge in [0.05, 0.1) is 12.5 Å². The Kier molecular flexibility index (Phi) is 5.44. The number of aliphatic hydroxyl groups is 2. The van der Waals surface area contributed by atoms with Crippen LogP contribution in [-0.2, 0) is 4.79 Å². The second-order valence-corrected chi connectivity index (χ2v) is 7.41. The summed E-state index contributed by atoms with van der Waals surface area (Å²) >= 11 is 0. The molecular formula is C21H21F4NO3. The first-order valence-electron chi connectivity index (χ1n) is 9.04. The van der Waals surface area contributed by atoms with Gasteiger partial charge < -0.3 is 15.1 Å². The number of rotatable bonds is 4. The number of amides is 1. The maximum absolute atomic E-state index is 14.0. The van der Waals surface area contributed by atoms with Gasteiger partial charge in [0, 0.05) is 25.1 Å². The molecule has 156 valence electrons. The average Bonchev–Trinajstić information content (AvgIpc) is 2.68. The van der Waals surface area contributed by atoms with Crippen molar-refractivity contribution in [2.45, 2.75) is 24.6 Å². The quantitative estimate of drug-likeness (QED) is 0.747. The fourth-order valence-corrected chi connectivity index (χ4v) is 3.73. The van der Waals surface area contributed by atoms with Gasteiger partial charge >= 0.3 is 6.18 Å². The smallest absolute Gasteiger partial charge is 0.393 e. The number of allylic oxidation sites excluding steroid dienone is 4. The highest BCUT2D eigenvalue weighted by Crippen LogP contribution is 2.44. The van der Waals surface area contributed by atoms with Crippen LogP contribution in [0.5, 0.6) is 0 Å². The molecule has 4 nitrogen and oxygen atoms in total. The molecule has 8 heteroatoms. The van der Waals surface area contributed by atoms with Gasteiger partial charge in [0.2, 0.25) is 5.91 Å². The molecule has 3 unspecified atom stereocenters. The Bertz CT molecular complexity index is 906. The van der Waals surface area contributed by atoms with Crippen LogP contribution in [0.1, 0.15) is 24.0 Å². The van der Waals surface area contributed by atoms with E-state index < -0.39 is 36.0 Å². The zero-order valence-electron chi connectivity index (χ0n) is 15.8. The van der Waals surface area contributed by atoms with Gasteiger partial charge in [0.1, 0.15) is 5.82 Å². The van der Waals surface area contributed by atoms with Crippen LogP contribution in [0, 0.1) is 17.7 Å². The largest absolute Gasteiger partial charge is 0.420 e. The predicted molar refractivity (Wildman–Crippen MR) is 98.9 cm³/mol. The molecule has 1 heterocycles. The lowest BCUT2D eigenvalue weighted by atomic mass is 9.77. The summed E-state index contributed by atoms with van der Waals surface area (Å²) in [5, 5.41) is 19.4. The fraction of sp³-hybridized carbons (Fsp3) is 0.381. The second kappa shape index (κ2) is 7.42. The van der Waals surface area contributed by atoms with E-state index in [1.807, 2.05) is 0 Å². The van der Waals surface area contributed by atoms with Gasteiger partial charge in [-0.2, -0.15) is 13.2 Å². The third-order valence-electron chi connectivity index (χ3n) is 5.68. The van der Waals surface area contributed by atoms with Crippen LogP contribution in [0.2, 0.25) is 0 Å². The number of halogens is 4.